The molecule has 0 aromatic rings. The molecule has 4 N–H and O–H groups in total. The largest absolute Gasteiger partial charge is 0.459 e. The normalized spacial score (nSPS) is 21.6. The monoisotopic (exact) mass is 1040 g/mol. The van der Waals surface area contributed by atoms with Crippen molar-refractivity contribution in [1.29, 1.82) is 0 Å². The van der Waals surface area contributed by atoms with Crippen LogP contribution < -0.4 is 21.3 Å². The summed E-state index contributed by atoms with van der Waals surface area (Å²) in [6.45, 7) is 34.2. The molecule has 21 heteroatoms. The highest BCUT2D eigenvalue weighted by Crippen LogP contribution is 2.47. The fourth-order valence-corrected chi connectivity index (χ4v) is 19.0. The number of nitrogens with one attached hydrogen (secondary N) is 4. The predicted molar refractivity (Wildman–Crippen MR) is 275 cm³/mol. The Balaban J connectivity index is 1.56. The Kier molecular flexibility index (Phi) is 26.1. The van der Waals surface area contributed by atoms with E-state index >= 15 is 0 Å². The number of alkyl carbamates (subject to hydrolysis) is 4. The molecule has 0 aromatic carbocycles. The van der Waals surface area contributed by atoms with Crippen molar-refractivity contribution in [2.24, 2.45) is 21.7 Å². The number of rotatable bonds is 30. The number of hydrogen-bond acceptors (Lipinski definition) is 15. The van der Waals surface area contributed by atoms with E-state index in [0.29, 0.717) is 39.1 Å². The van der Waals surface area contributed by atoms with Gasteiger partial charge in [0.25, 0.3) is 0 Å². The van der Waals surface area contributed by atoms with E-state index in [9.17, 15) is 28.8 Å². The van der Waals surface area contributed by atoms with E-state index in [1.807, 2.05) is 0 Å². The Hall–Kier alpha value is -4.19. The minimum Gasteiger partial charge on any atom is -0.459 e. The summed E-state index contributed by atoms with van der Waals surface area (Å²) in [5, 5.41) is 11.7. The third kappa shape index (κ3) is 28.0. The lowest BCUT2D eigenvalue weighted by Crippen LogP contribution is -2.50. The Labute approximate surface area is 425 Å². The molecule has 71 heavy (non-hydrogen) atoms. The van der Waals surface area contributed by atoms with Crippen molar-refractivity contribution in [2.75, 3.05) is 79.2 Å². The number of amides is 4. The summed E-state index contributed by atoms with van der Waals surface area (Å²) < 4.78 is 49.5. The van der Waals surface area contributed by atoms with Gasteiger partial charge in [0.2, 0.25) is 0 Å². The van der Waals surface area contributed by atoms with Gasteiger partial charge in [-0.3, -0.25) is 0 Å². The lowest BCUT2D eigenvalue weighted by Gasteiger charge is -2.46. The third-order valence-electron chi connectivity index (χ3n) is 12.3. The van der Waals surface area contributed by atoms with E-state index in [1.165, 1.54) is 0 Å². The maximum atomic E-state index is 12.6. The second kappa shape index (κ2) is 29.5. The van der Waals surface area contributed by atoms with Gasteiger partial charge in [-0.1, -0.05) is 54.7 Å². The van der Waals surface area contributed by atoms with Crippen LogP contribution in [0.4, 0.5) is 19.2 Å². The Morgan fingerprint density at radius 1 is 0.479 bits per heavy atom. The highest BCUT2D eigenvalue weighted by molar-refractivity contribution is 6.84. The molecule has 0 aromatic heterocycles. The zero-order valence-corrected chi connectivity index (χ0v) is 47.2. The molecular formula is C50H90N4O15Si2. The average Bonchev–Trinajstić information content (AvgIpc) is 3.22. The van der Waals surface area contributed by atoms with Gasteiger partial charge in [0.05, 0.1) is 13.2 Å². The van der Waals surface area contributed by atoms with Gasteiger partial charge in [-0.2, -0.15) is 0 Å². The molecule has 0 saturated heterocycles. The highest BCUT2D eigenvalue weighted by atomic mass is 28.4. The standard InChI is InChI=1S/C50H90N4O15Si2/c1-37(2)41(55)63-23-25-67-45(59)53-39-29-47(5,6)33-49(9,31-39)35-51-43(57)65-21-19-61-17-15-27-70(11,12)69-71(13,14)28-16-18-62-20-22-66-44(58)52-36-50(10)32-40(30-48(7,8)34-50)54-46(60)68-26-24-64-42(56)38(3)4/h39-40H,1,3,15-36H2,2,4-14H3,(H,51,57)(H,52,58)(H,53,59)(H,54,60). The summed E-state index contributed by atoms with van der Waals surface area (Å²) in [5.41, 5.74) is -0.204. The maximum Gasteiger partial charge on any atom is 0.407 e. The lowest BCUT2D eigenvalue weighted by molar-refractivity contribution is -0.140. The molecule has 4 atom stereocenters. The summed E-state index contributed by atoms with van der Waals surface area (Å²) in [7, 11) is -3.92. The molecule has 0 radical (unpaired) electrons. The molecule has 0 bridgehead atoms. The first kappa shape index (κ1) is 62.9. The molecular weight excluding hydrogens is 953 g/mol. The van der Waals surface area contributed by atoms with Crippen LogP contribution in [0.25, 0.3) is 0 Å². The van der Waals surface area contributed by atoms with Crippen molar-refractivity contribution in [2.45, 2.75) is 157 Å². The Morgan fingerprint density at radius 2 is 0.803 bits per heavy atom. The van der Waals surface area contributed by atoms with Crippen LogP contribution in [0.1, 0.15) is 107 Å². The van der Waals surface area contributed by atoms with Crippen molar-refractivity contribution in [3.63, 3.8) is 0 Å². The van der Waals surface area contributed by atoms with Crippen LogP contribution in [0.2, 0.25) is 38.3 Å². The van der Waals surface area contributed by atoms with Gasteiger partial charge in [0.1, 0.15) is 39.6 Å². The molecule has 0 aliphatic heterocycles. The SMILES string of the molecule is C=C(C)C(=O)OCCOC(=O)NC1CC(C)(C)CC(C)(CNC(=O)OCCOCCC[Si](C)(C)O[Si](C)(C)CCCOCCOC(=O)NCC2(C)CC(NC(=O)OCCOC(=O)C(=C)C)CC(C)(C)C2)C1. The van der Waals surface area contributed by atoms with Crippen LogP contribution in [0.5, 0.6) is 0 Å². The zero-order chi connectivity index (χ0) is 53.5. The second-order valence-electron chi connectivity index (χ2n) is 22.9. The number of carbonyl (C=O) groups is 6. The molecule has 0 spiro atoms. The molecule has 4 unspecified atom stereocenters. The van der Waals surface area contributed by atoms with Crippen molar-refractivity contribution in [3.05, 3.63) is 24.3 Å². The summed E-state index contributed by atoms with van der Waals surface area (Å²) in [6.07, 6.45) is 3.98. The highest BCUT2D eigenvalue weighted by Gasteiger charge is 2.43. The smallest absolute Gasteiger partial charge is 0.407 e. The summed E-state index contributed by atoms with van der Waals surface area (Å²) in [4.78, 5) is 73.1. The molecule has 2 rings (SSSR count). The van der Waals surface area contributed by atoms with Gasteiger partial charge in [-0.05, 0) is 125 Å². The van der Waals surface area contributed by atoms with Gasteiger partial charge in [-0.15, -0.1) is 0 Å². The van der Waals surface area contributed by atoms with Gasteiger partial charge in [0, 0.05) is 49.5 Å². The molecule has 2 aliphatic rings. The quantitative estimate of drug-likeness (QED) is 0.0174. The maximum absolute atomic E-state index is 12.6. The first-order valence-corrected chi connectivity index (χ1v) is 31.3. The first-order valence-electron chi connectivity index (χ1n) is 25.1. The molecule has 2 fully saturated rings. The number of hydrogen-bond donors (Lipinski definition) is 4. The summed E-state index contributed by atoms with van der Waals surface area (Å²) in [6, 6.07) is 1.56. The fourth-order valence-electron chi connectivity index (χ4n) is 10.3. The third-order valence-corrected chi connectivity index (χ3v) is 19.8. The van der Waals surface area contributed by atoms with Crippen molar-refractivity contribution < 1.29 is 70.8 Å². The second-order valence-corrected chi connectivity index (χ2v) is 31.8. The minimum absolute atomic E-state index is 0.0552. The Morgan fingerprint density at radius 3 is 1.15 bits per heavy atom. The van der Waals surface area contributed by atoms with Gasteiger partial charge in [-0.25, -0.2) is 28.8 Å². The van der Waals surface area contributed by atoms with E-state index in [1.54, 1.807) is 13.8 Å². The van der Waals surface area contributed by atoms with Crippen LogP contribution in [0.3, 0.4) is 0 Å². The molecule has 408 valence electrons. The van der Waals surface area contributed by atoms with E-state index < -0.39 is 52.9 Å². The van der Waals surface area contributed by atoms with Crippen LogP contribution in [0.15, 0.2) is 24.3 Å². The van der Waals surface area contributed by atoms with E-state index in [0.717, 1.165) is 50.6 Å². The Bertz CT molecular complexity index is 1660. The van der Waals surface area contributed by atoms with Crippen LogP contribution >= 0.6 is 0 Å². The molecule has 0 heterocycles. The van der Waals surface area contributed by atoms with E-state index in [4.69, 9.17) is 42.0 Å². The number of carbonyl (C=O) groups excluding carboxylic acids is 6. The molecule has 2 saturated carbocycles. The minimum atomic E-state index is -1.96. The van der Waals surface area contributed by atoms with Crippen LogP contribution in [-0.4, -0.2) is 144 Å². The number of esters is 2. The molecule has 2 aliphatic carbocycles. The lowest BCUT2D eigenvalue weighted by atomic mass is 9.62. The zero-order valence-electron chi connectivity index (χ0n) is 45.2. The van der Waals surface area contributed by atoms with Gasteiger partial charge >= 0.3 is 36.3 Å². The van der Waals surface area contributed by atoms with Crippen LogP contribution in [-0.2, 0) is 51.6 Å². The topological polar surface area (TPSA) is 234 Å². The van der Waals surface area contributed by atoms with Crippen molar-refractivity contribution in [1.82, 2.24) is 21.3 Å². The summed E-state index contributed by atoms with van der Waals surface area (Å²) >= 11 is 0. The molecule has 4 amide bonds. The van der Waals surface area contributed by atoms with Crippen molar-refractivity contribution in [3.8, 4) is 0 Å². The van der Waals surface area contributed by atoms with Crippen molar-refractivity contribution >= 4 is 52.9 Å². The van der Waals surface area contributed by atoms with Crippen LogP contribution in [0, 0.1) is 21.7 Å². The fraction of sp³-hybridized carbons (Fsp3) is 0.800. The molecule has 19 nitrogen and oxygen atoms in total. The van der Waals surface area contributed by atoms with Gasteiger partial charge in [0.15, 0.2) is 16.6 Å². The van der Waals surface area contributed by atoms with Gasteiger partial charge < -0.3 is 63.3 Å². The number of ether oxygens (including phenoxy) is 8. The predicted octanol–water partition coefficient (Wildman–Crippen LogP) is 8.54. The average molecular weight is 1040 g/mol. The van der Waals surface area contributed by atoms with E-state index in [2.05, 4.69) is 102 Å². The first-order chi connectivity index (χ1) is 32.9. The summed E-state index contributed by atoms with van der Waals surface area (Å²) in [5.74, 6) is -1.07. The van der Waals surface area contributed by atoms with E-state index in [-0.39, 0.29) is 97.7 Å².